The predicted molar refractivity (Wildman–Crippen MR) is 96.9 cm³/mol. The number of hydrogen-bond acceptors (Lipinski definition) is 5. The average molecular weight is 375 g/mol. The highest BCUT2D eigenvalue weighted by atomic mass is 32.2. The van der Waals surface area contributed by atoms with E-state index in [0.717, 1.165) is 0 Å². The van der Waals surface area contributed by atoms with Gasteiger partial charge in [-0.2, -0.15) is 0 Å². The number of carbonyl (C=O) groups excluding carboxylic acids is 2. The number of hydrogen-bond donors (Lipinski definition) is 3. The summed E-state index contributed by atoms with van der Waals surface area (Å²) in [6.45, 7) is 2.86. The first-order valence-corrected chi connectivity index (χ1v) is 9.21. The fraction of sp³-hybridized carbons (Fsp3) is 0.176. The molecule has 0 unspecified atom stereocenters. The van der Waals surface area contributed by atoms with Crippen LogP contribution in [0, 0.1) is 6.92 Å². The van der Waals surface area contributed by atoms with Crippen molar-refractivity contribution in [3.63, 3.8) is 0 Å². The number of ether oxygens (including phenoxy) is 1. The molecule has 1 aliphatic rings. The van der Waals surface area contributed by atoms with Gasteiger partial charge in [0.25, 0.3) is 15.9 Å². The Bertz CT molecular complexity index is 984. The fourth-order valence-electron chi connectivity index (χ4n) is 2.54. The maximum absolute atomic E-state index is 12.7. The van der Waals surface area contributed by atoms with Crippen LogP contribution in [0.25, 0.3) is 0 Å². The van der Waals surface area contributed by atoms with Crippen molar-refractivity contribution in [1.29, 1.82) is 0 Å². The molecule has 0 saturated carbocycles. The Morgan fingerprint density at radius 2 is 1.81 bits per heavy atom. The van der Waals surface area contributed by atoms with E-state index < -0.39 is 10.0 Å². The third-order valence-corrected chi connectivity index (χ3v) is 5.18. The molecule has 136 valence electrons. The Labute approximate surface area is 150 Å². The molecule has 0 fully saturated rings. The summed E-state index contributed by atoms with van der Waals surface area (Å²) < 4.78 is 33.2. The van der Waals surface area contributed by atoms with Gasteiger partial charge >= 0.3 is 0 Å². The molecule has 3 N–H and O–H groups in total. The lowest BCUT2D eigenvalue weighted by Gasteiger charge is -2.20. The minimum Gasteiger partial charge on any atom is -0.482 e. The Morgan fingerprint density at radius 3 is 2.46 bits per heavy atom. The second-order valence-corrected chi connectivity index (χ2v) is 7.47. The Morgan fingerprint density at radius 1 is 1.15 bits per heavy atom. The number of aryl methyl sites for hydroxylation is 1. The van der Waals surface area contributed by atoms with Crippen LogP contribution in [0.3, 0.4) is 0 Å². The van der Waals surface area contributed by atoms with Crippen LogP contribution in [0.2, 0.25) is 0 Å². The molecule has 1 aliphatic heterocycles. The van der Waals surface area contributed by atoms with Gasteiger partial charge in [0, 0.05) is 24.4 Å². The van der Waals surface area contributed by atoms with Crippen molar-refractivity contribution in [2.75, 3.05) is 22.0 Å². The second-order valence-electron chi connectivity index (χ2n) is 5.81. The number of anilines is 3. The molecule has 2 aromatic rings. The zero-order valence-electron chi connectivity index (χ0n) is 14.1. The summed E-state index contributed by atoms with van der Waals surface area (Å²) in [5.41, 5.74) is 1.83. The van der Waals surface area contributed by atoms with Crippen LogP contribution in [0.4, 0.5) is 17.1 Å². The predicted octanol–water partition coefficient (Wildman–Crippen LogP) is 2.09. The zero-order valence-corrected chi connectivity index (χ0v) is 14.9. The van der Waals surface area contributed by atoms with Gasteiger partial charge in [0.2, 0.25) is 5.91 Å². The van der Waals surface area contributed by atoms with Crippen molar-refractivity contribution in [1.82, 2.24) is 0 Å². The van der Waals surface area contributed by atoms with Gasteiger partial charge in [-0.25, -0.2) is 8.42 Å². The monoisotopic (exact) mass is 375 g/mol. The molecule has 0 bridgehead atoms. The Kier molecular flexibility index (Phi) is 4.56. The lowest BCUT2D eigenvalue weighted by Crippen LogP contribution is -2.26. The Balaban J connectivity index is 1.86. The van der Waals surface area contributed by atoms with E-state index in [-0.39, 0.29) is 23.3 Å². The SMILES string of the molecule is CC(=O)Nc1ccc(NS(=O)(=O)c2cc3c(cc2C)NC(=O)CO3)cc1. The Hall–Kier alpha value is -3.07. The van der Waals surface area contributed by atoms with E-state index in [1.165, 1.54) is 13.0 Å². The summed E-state index contributed by atoms with van der Waals surface area (Å²) in [7, 11) is -3.86. The molecular formula is C17H17N3O5S. The van der Waals surface area contributed by atoms with E-state index >= 15 is 0 Å². The minimum atomic E-state index is -3.86. The molecule has 2 amide bonds. The zero-order chi connectivity index (χ0) is 18.9. The molecule has 0 saturated heterocycles. The minimum absolute atomic E-state index is 0.0540. The van der Waals surface area contributed by atoms with E-state index in [1.807, 2.05) is 0 Å². The van der Waals surface area contributed by atoms with Gasteiger partial charge in [-0.05, 0) is 42.8 Å². The number of sulfonamides is 1. The molecule has 2 aromatic carbocycles. The van der Waals surface area contributed by atoms with E-state index in [9.17, 15) is 18.0 Å². The van der Waals surface area contributed by atoms with E-state index in [0.29, 0.717) is 28.4 Å². The molecular weight excluding hydrogens is 358 g/mol. The van der Waals surface area contributed by atoms with Gasteiger partial charge in [0.1, 0.15) is 5.75 Å². The normalized spacial score (nSPS) is 13.2. The highest BCUT2D eigenvalue weighted by Crippen LogP contribution is 2.33. The smallest absolute Gasteiger partial charge is 0.262 e. The maximum atomic E-state index is 12.7. The van der Waals surface area contributed by atoms with Crippen LogP contribution < -0.4 is 20.1 Å². The van der Waals surface area contributed by atoms with Crippen molar-refractivity contribution >= 4 is 38.9 Å². The van der Waals surface area contributed by atoms with Crippen LogP contribution in [-0.4, -0.2) is 26.8 Å². The lowest BCUT2D eigenvalue weighted by atomic mass is 10.2. The number of rotatable bonds is 4. The number of carbonyl (C=O) groups is 2. The summed E-state index contributed by atoms with van der Waals surface area (Å²) in [6, 6.07) is 9.23. The molecule has 3 rings (SSSR count). The van der Waals surface area contributed by atoms with Gasteiger partial charge in [0.15, 0.2) is 6.61 Å². The first kappa shape index (κ1) is 17.7. The van der Waals surface area contributed by atoms with E-state index in [4.69, 9.17) is 4.74 Å². The van der Waals surface area contributed by atoms with Crippen molar-refractivity contribution in [2.45, 2.75) is 18.7 Å². The standard InChI is InChI=1S/C17H17N3O5S/c1-10-7-14-15(25-9-17(22)19-14)8-16(10)26(23,24)20-13-5-3-12(4-6-13)18-11(2)21/h3-8,20H,9H2,1-2H3,(H,18,21)(H,19,22). The average Bonchev–Trinajstić information content (AvgIpc) is 2.55. The van der Waals surface area contributed by atoms with Crippen molar-refractivity contribution in [2.24, 2.45) is 0 Å². The van der Waals surface area contributed by atoms with Gasteiger partial charge in [-0.1, -0.05) is 0 Å². The highest BCUT2D eigenvalue weighted by Gasteiger charge is 2.23. The molecule has 0 spiro atoms. The molecule has 8 nitrogen and oxygen atoms in total. The first-order valence-electron chi connectivity index (χ1n) is 7.72. The van der Waals surface area contributed by atoms with Gasteiger partial charge in [-0.3, -0.25) is 14.3 Å². The largest absolute Gasteiger partial charge is 0.482 e. The summed E-state index contributed by atoms with van der Waals surface area (Å²) in [4.78, 5) is 22.4. The number of fused-ring (bicyclic) bond motifs is 1. The molecule has 0 aromatic heterocycles. The first-order chi connectivity index (χ1) is 12.2. The van der Waals surface area contributed by atoms with Crippen molar-refractivity contribution in [3.05, 3.63) is 42.0 Å². The number of benzene rings is 2. The topological polar surface area (TPSA) is 114 Å². The number of nitrogens with one attached hydrogen (secondary N) is 3. The van der Waals surface area contributed by atoms with Crippen LogP contribution in [0.15, 0.2) is 41.3 Å². The van der Waals surface area contributed by atoms with Gasteiger partial charge in [-0.15, -0.1) is 0 Å². The summed E-state index contributed by atoms with van der Waals surface area (Å²) >= 11 is 0. The van der Waals surface area contributed by atoms with Crippen LogP contribution in [0.1, 0.15) is 12.5 Å². The molecule has 9 heteroatoms. The molecule has 0 radical (unpaired) electrons. The summed E-state index contributed by atoms with van der Waals surface area (Å²) in [5.74, 6) is -0.198. The quantitative estimate of drug-likeness (QED) is 0.757. The maximum Gasteiger partial charge on any atom is 0.262 e. The number of amides is 2. The van der Waals surface area contributed by atoms with Crippen LogP contribution >= 0.6 is 0 Å². The molecule has 26 heavy (non-hydrogen) atoms. The van der Waals surface area contributed by atoms with Gasteiger partial charge < -0.3 is 15.4 Å². The third-order valence-electron chi connectivity index (χ3n) is 3.66. The van der Waals surface area contributed by atoms with Crippen molar-refractivity contribution < 1.29 is 22.7 Å². The molecule has 0 aliphatic carbocycles. The molecule has 0 atom stereocenters. The third kappa shape index (κ3) is 3.77. The second kappa shape index (κ2) is 6.68. The van der Waals surface area contributed by atoms with Gasteiger partial charge in [0.05, 0.1) is 10.6 Å². The highest BCUT2D eigenvalue weighted by molar-refractivity contribution is 7.92. The van der Waals surface area contributed by atoms with E-state index in [2.05, 4.69) is 15.4 Å². The van der Waals surface area contributed by atoms with Crippen molar-refractivity contribution in [3.8, 4) is 5.75 Å². The summed E-state index contributed by atoms with van der Waals surface area (Å²) in [5, 5.41) is 5.24. The van der Waals surface area contributed by atoms with Crippen LogP contribution in [0.5, 0.6) is 5.75 Å². The molecule has 1 heterocycles. The lowest BCUT2D eigenvalue weighted by molar-refractivity contribution is -0.118. The van der Waals surface area contributed by atoms with E-state index in [1.54, 1.807) is 37.3 Å². The fourth-order valence-corrected chi connectivity index (χ4v) is 3.84. The van der Waals surface area contributed by atoms with Crippen LogP contribution in [-0.2, 0) is 19.6 Å². The summed E-state index contributed by atoms with van der Waals surface area (Å²) in [6.07, 6.45) is 0.